The lowest BCUT2D eigenvalue weighted by Crippen LogP contribution is -2.46. The molecule has 1 aliphatic heterocycles. The molecule has 128 valence electrons. The van der Waals surface area contributed by atoms with Gasteiger partial charge in [-0.25, -0.2) is 0 Å². The van der Waals surface area contributed by atoms with Crippen LogP contribution >= 0.6 is 0 Å². The van der Waals surface area contributed by atoms with Crippen LogP contribution in [-0.4, -0.2) is 33.4 Å². The van der Waals surface area contributed by atoms with Crippen molar-refractivity contribution in [2.75, 3.05) is 32.2 Å². The van der Waals surface area contributed by atoms with Crippen LogP contribution in [0, 0.1) is 6.92 Å². The summed E-state index contributed by atoms with van der Waals surface area (Å²) in [6.07, 6.45) is 1.01. The summed E-state index contributed by atoms with van der Waals surface area (Å²) >= 11 is 0. The number of anilines is 1. The van der Waals surface area contributed by atoms with Crippen molar-refractivity contribution in [3.63, 3.8) is 0 Å². The first kappa shape index (κ1) is 16.7. The van der Waals surface area contributed by atoms with Gasteiger partial charge < -0.3 is 20.1 Å². The first-order valence-corrected chi connectivity index (χ1v) is 8.39. The molecule has 0 saturated carbocycles. The van der Waals surface area contributed by atoms with E-state index in [2.05, 4.69) is 36.1 Å². The summed E-state index contributed by atoms with van der Waals surface area (Å²) in [7, 11) is 3.35. The van der Waals surface area contributed by atoms with Gasteiger partial charge in [-0.05, 0) is 18.9 Å². The van der Waals surface area contributed by atoms with Crippen LogP contribution in [0.4, 0.5) is 5.69 Å². The minimum atomic E-state index is 0.154. The average molecular weight is 326 g/mol. The van der Waals surface area contributed by atoms with Gasteiger partial charge >= 0.3 is 0 Å². The maximum atomic E-state index is 6.37. The van der Waals surface area contributed by atoms with Crippen LogP contribution in [0.1, 0.15) is 23.5 Å². The van der Waals surface area contributed by atoms with Crippen LogP contribution in [-0.2, 0) is 0 Å². The molecule has 2 aromatic rings. The van der Waals surface area contributed by atoms with Crippen LogP contribution in [0.5, 0.6) is 11.5 Å². The Hall–Kier alpha value is -2.20. The van der Waals surface area contributed by atoms with Gasteiger partial charge in [0.2, 0.25) is 0 Å². The molecule has 1 heterocycles. The van der Waals surface area contributed by atoms with E-state index in [4.69, 9.17) is 15.2 Å². The van der Waals surface area contributed by atoms with Crippen LogP contribution in [0.25, 0.3) is 0 Å². The second kappa shape index (κ2) is 7.14. The highest BCUT2D eigenvalue weighted by Crippen LogP contribution is 2.34. The van der Waals surface area contributed by atoms with Crippen LogP contribution < -0.4 is 20.1 Å². The van der Waals surface area contributed by atoms with E-state index in [1.807, 2.05) is 18.2 Å². The van der Waals surface area contributed by atoms with Crippen LogP contribution in [0.3, 0.4) is 0 Å². The monoisotopic (exact) mass is 326 g/mol. The van der Waals surface area contributed by atoms with Crippen LogP contribution in [0.2, 0.25) is 0 Å². The molecule has 0 spiro atoms. The molecule has 0 radical (unpaired) electrons. The Labute approximate surface area is 144 Å². The van der Waals surface area contributed by atoms with Gasteiger partial charge in [-0.3, -0.25) is 0 Å². The molecule has 1 fully saturated rings. The molecule has 0 aliphatic carbocycles. The number of hydrogen-bond donors (Lipinski definition) is 1. The number of methoxy groups -OCH3 is 2. The fourth-order valence-electron chi connectivity index (χ4n) is 3.49. The summed E-state index contributed by atoms with van der Waals surface area (Å²) in [5.74, 6) is 2.04. The number of rotatable bonds is 4. The van der Waals surface area contributed by atoms with E-state index < -0.39 is 0 Å². The van der Waals surface area contributed by atoms with Crippen molar-refractivity contribution in [3.05, 3.63) is 53.6 Å². The number of hydrogen-bond acceptors (Lipinski definition) is 4. The van der Waals surface area contributed by atoms with Gasteiger partial charge in [-0.15, -0.1) is 0 Å². The first-order chi connectivity index (χ1) is 11.6. The fraction of sp³-hybridized carbons (Fsp3) is 0.400. The van der Waals surface area contributed by atoms with E-state index in [0.717, 1.165) is 36.7 Å². The second-order valence-corrected chi connectivity index (χ2v) is 6.58. The summed E-state index contributed by atoms with van der Waals surface area (Å²) in [5.41, 5.74) is 10.1. The molecule has 3 rings (SSSR count). The van der Waals surface area contributed by atoms with Crippen molar-refractivity contribution < 1.29 is 9.47 Å². The van der Waals surface area contributed by atoms with Gasteiger partial charge in [0.1, 0.15) is 11.5 Å². The van der Waals surface area contributed by atoms with E-state index >= 15 is 0 Å². The normalized spacial score (nSPS) is 20.8. The van der Waals surface area contributed by atoms with Gasteiger partial charge in [-0.2, -0.15) is 0 Å². The minimum Gasteiger partial charge on any atom is -0.497 e. The molecule has 4 nitrogen and oxygen atoms in total. The third kappa shape index (κ3) is 3.65. The first-order valence-electron chi connectivity index (χ1n) is 8.39. The molecule has 2 atom stereocenters. The van der Waals surface area contributed by atoms with Gasteiger partial charge in [0.05, 0.1) is 14.2 Å². The molecular formula is C20H26N2O2. The summed E-state index contributed by atoms with van der Waals surface area (Å²) in [6, 6.07) is 14.9. The topological polar surface area (TPSA) is 47.7 Å². The SMILES string of the molecule is COc1cc(OC)cc(N2CC(N)CC(c3cccc(C)c3)C2)c1. The maximum absolute atomic E-state index is 6.37. The minimum absolute atomic E-state index is 0.154. The zero-order chi connectivity index (χ0) is 17.1. The third-order valence-corrected chi connectivity index (χ3v) is 4.70. The maximum Gasteiger partial charge on any atom is 0.124 e. The molecule has 0 aromatic heterocycles. The van der Waals surface area contributed by atoms with E-state index in [9.17, 15) is 0 Å². The molecule has 0 bridgehead atoms. The number of ether oxygens (including phenoxy) is 2. The van der Waals surface area contributed by atoms with Gasteiger partial charge in [0.15, 0.2) is 0 Å². The quantitative estimate of drug-likeness (QED) is 0.936. The summed E-state index contributed by atoms with van der Waals surface area (Å²) in [5, 5.41) is 0. The van der Waals surface area contributed by atoms with Crippen molar-refractivity contribution in [1.82, 2.24) is 0 Å². The van der Waals surface area contributed by atoms with Gasteiger partial charge in [0, 0.05) is 48.9 Å². The number of benzene rings is 2. The smallest absolute Gasteiger partial charge is 0.124 e. The predicted octanol–water partition coefficient (Wildman–Crippen LogP) is 3.33. The number of piperidine rings is 1. The Kier molecular flexibility index (Phi) is 4.95. The van der Waals surface area contributed by atoms with Crippen molar-refractivity contribution in [2.45, 2.75) is 25.3 Å². The van der Waals surface area contributed by atoms with E-state index in [-0.39, 0.29) is 6.04 Å². The third-order valence-electron chi connectivity index (χ3n) is 4.70. The molecule has 2 N–H and O–H groups in total. The molecule has 4 heteroatoms. The summed E-state index contributed by atoms with van der Waals surface area (Å²) in [4.78, 5) is 2.34. The standard InChI is InChI=1S/C20H26N2O2/c1-14-5-4-6-15(7-14)16-8-17(21)13-22(12-16)18-9-19(23-2)11-20(10-18)24-3/h4-7,9-11,16-17H,8,12-13,21H2,1-3H3. The lowest BCUT2D eigenvalue weighted by molar-refractivity contribution is 0.393. The fourth-order valence-corrected chi connectivity index (χ4v) is 3.49. The highest BCUT2D eigenvalue weighted by atomic mass is 16.5. The molecule has 2 aromatic carbocycles. The van der Waals surface area contributed by atoms with E-state index in [1.165, 1.54) is 11.1 Å². The number of nitrogens with zero attached hydrogens (tertiary/aromatic N) is 1. The highest BCUT2D eigenvalue weighted by molar-refractivity contribution is 5.56. The lowest BCUT2D eigenvalue weighted by Gasteiger charge is -2.38. The van der Waals surface area contributed by atoms with Crippen molar-refractivity contribution in [3.8, 4) is 11.5 Å². The number of nitrogens with two attached hydrogens (primary N) is 1. The molecule has 2 unspecified atom stereocenters. The zero-order valence-corrected chi connectivity index (χ0v) is 14.7. The van der Waals surface area contributed by atoms with Gasteiger partial charge in [-0.1, -0.05) is 29.8 Å². The highest BCUT2D eigenvalue weighted by Gasteiger charge is 2.27. The van der Waals surface area contributed by atoms with Gasteiger partial charge in [0.25, 0.3) is 0 Å². The van der Waals surface area contributed by atoms with Crippen molar-refractivity contribution in [2.24, 2.45) is 5.73 Å². The zero-order valence-electron chi connectivity index (χ0n) is 14.7. The van der Waals surface area contributed by atoms with Crippen LogP contribution in [0.15, 0.2) is 42.5 Å². The Bertz CT molecular complexity index is 680. The van der Waals surface area contributed by atoms with E-state index in [1.54, 1.807) is 14.2 Å². The summed E-state index contributed by atoms with van der Waals surface area (Å²) in [6.45, 7) is 3.93. The predicted molar refractivity (Wildman–Crippen MR) is 98.3 cm³/mol. The second-order valence-electron chi connectivity index (χ2n) is 6.58. The average Bonchev–Trinajstić information content (AvgIpc) is 2.60. The Morgan fingerprint density at radius 1 is 1.00 bits per heavy atom. The van der Waals surface area contributed by atoms with E-state index in [0.29, 0.717) is 5.92 Å². The molecular weight excluding hydrogens is 300 g/mol. The molecule has 0 amide bonds. The molecule has 1 saturated heterocycles. The molecule has 24 heavy (non-hydrogen) atoms. The molecule has 1 aliphatic rings. The van der Waals surface area contributed by atoms with Crippen molar-refractivity contribution in [1.29, 1.82) is 0 Å². The Morgan fingerprint density at radius 3 is 2.33 bits per heavy atom. The number of aryl methyl sites for hydroxylation is 1. The summed E-state index contributed by atoms with van der Waals surface area (Å²) < 4.78 is 10.8. The van der Waals surface area contributed by atoms with Crippen molar-refractivity contribution >= 4 is 5.69 Å². The largest absolute Gasteiger partial charge is 0.497 e. The lowest BCUT2D eigenvalue weighted by atomic mass is 9.87. The Morgan fingerprint density at radius 2 is 1.71 bits per heavy atom. The Balaban J connectivity index is 1.88.